The normalized spacial score (nSPS) is 13.9. The Balaban J connectivity index is 1.71. The molecule has 4 rings (SSSR count). The van der Waals surface area contributed by atoms with Crippen molar-refractivity contribution in [2.75, 3.05) is 31.4 Å². The highest BCUT2D eigenvalue weighted by molar-refractivity contribution is 5.91. The molecule has 0 saturated heterocycles. The van der Waals surface area contributed by atoms with Crippen LogP contribution in [-0.4, -0.2) is 45.5 Å². The predicted molar refractivity (Wildman–Crippen MR) is 102 cm³/mol. The van der Waals surface area contributed by atoms with Crippen LogP contribution >= 0.6 is 0 Å². The van der Waals surface area contributed by atoms with Crippen molar-refractivity contribution in [1.29, 1.82) is 0 Å². The molecule has 9 heteroatoms. The minimum Gasteiger partial charge on any atom is -0.493 e. The molecule has 2 aromatic heterocycles. The van der Waals surface area contributed by atoms with Gasteiger partial charge >= 0.3 is 0 Å². The van der Waals surface area contributed by atoms with Crippen LogP contribution in [0.15, 0.2) is 12.1 Å². The van der Waals surface area contributed by atoms with Gasteiger partial charge in [-0.25, -0.2) is 4.98 Å². The molecule has 0 atom stereocenters. The lowest BCUT2D eigenvalue weighted by atomic mass is 10.2. The van der Waals surface area contributed by atoms with Crippen molar-refractivity contribution in [3.05, 3.63) is 23.8 Å². The maximum atomic E-state index is 6.21. The number of aromatic nitrogens is 5. The quantitative estimate of drug-likeness (QED) is 0.744. The number of ether oxygens (including phenoxy) is 2. The third kappa shape index (κ3) is 2.88. The summed E-state index contributed by atoms with van der Waals surface area (Å²) in [6.45, 7) is 6.40. The van der Waals surface area contributed by atoms with Gasteiger partial charge in [0.2, 0.25) is 5.95 Å². The predicted octanol–water partition coefficient (Wildman–Crippen LogP) is 1.96. The zero-order valence-corrected chi connectivity index (χ0v) is 15.9. The standard InChI is InChI=1S/C18H23N7O2/c1-10(2)17-23-22-15-9-24(5-6-25(15)17)18-20-12-8-14(27-4)13(26-3)7-11(12)16(19)21-18/h7-8,10H,5-6,9H2,1-4H3,(H2,19,20,21). The van der Waals surface area contributed by atoms with Crippen LogP contribution in [-0.2, 0) is 13.1 Å². The molecule has 3 aromatic rings. The number of nitrogen functional groups attached to an aromatic ring is 1. The van der Waals surface area contributed by atoms with Crippen molar-refractivity contribution >= 4 is 22.7 Å². The maximum absolute atomic E-state index is 6.21. The number of benzene rings is 1. The first-order chi connectivity index (χ1) is 13.0. The molecule has 0 radical (unpaired) electrons. The fourth-order valence-electron chi connectivity index (χ4n) is 3.39. The molecular formula is C18H23N7O2. The Morgan fingerprint density at radius 1 is 1.04 bits per heavy atom. The number of rotatable bonds is 4. The number of anilines is 2. The molecule has 0 unspecified atom stereocenters. The fourth-order valence-corrected chi connectivity index (χ4v) is 3.39. The van der Waals surface area contributed by atoms with E-state index in [0.717, 1.165) is 30.1 Å². The lowest BCUT2D eigenvalue weighted by Gasteiger charge is -2.28. The molecule has 0 amide bonds. The molecule has 9 nitrogen and oxygen atoms in total. The Morgan fingerprint density at radius 3 is 2.48 bits per heavy atom. The summed E-state index contributed by atoms with van der Waals surface area (Å²) in [6, 6.07) is 3.62. The van der Waals surface area contributed by atoms with Crippen molar-refractivity contribution in [1.82, 2.24) is 24.7 Å². The van der Waals surface area contributed by atoms with Crippen LogP contribution in [0.25, 0.3) is 10.9 Å². The number of hydrogen-bond donors (Lipinski definition) is 1. The molecule has 27 heavy (non-hydrogen) atoms. The highest BCUT2D eigenvalue weighted by Gasteiger charge is 2.24. The summed E-state index contributed by atoms with van der Waals surface area (Å²) in [5, 5.41) is 9.40. The number of fused-ring (bicyclic) bond motifs is 2. The first-order valence-corrected chi connectivity index (χ1v) is 8.88. The van der Waals surface area contributed by atoms with Gasteiger partial charge in [-0.3, -0.25) is 0 Å². The SMILES string of the molecule is COc1cc2nc(N3CCn4c(nnc4C(C)C)C3)nc(N)c2cc1OC. The molecule has 142 valence electrons. The summed E-state index contributed by atoms with van der Waals surface area (Å²) in [5.41, 5.74) is 6.92. The Morgan fingerprint density at radius 2 is 1.78 bits per heavy atom. The van der Waals surface area contributed by atoms with Crippen LogP contribution < -0.4 is 20.1 Å². The molecule has 2 N–H and O–H groups in total. The van der Waals surface area contributed by atoms with Crippen LogP contribution in [0.3, 0.4) is 0 Å². The smallest absolute Gasteiger partial charge is 0.228 e. The highest BCUT2D eigenvalue weighted by atomic mass is 16.5. The molecule has 0 aliphatic carbocycles. The monoisotopic (exact) mass is 369 g/mol. The Hall–Kier alpha value is -3.10. The van der Waals surface area contributed by atoms with E-state index in [-0.39, 0.29) is 0 Å². The summed E-state index contributed by atoms with van der Waals surface area (Å²) < 4.78 is 12.9. The van der Waals surface area contributed by atoms with Gasteiger partial charge in [-0.15, -0.1) is 10.2 Å². The molecule has 1 aliphatic rings. The zero-order valence-electron chi connectivity index (χ0n) is 15.9. The van der Waals surface area contributed by atoms with Crippen molar-refractivity contribution in [3.8, 4) is 11.5 Å². The molecule has 3 heterocycles. The number of nitrogens with two attached hydrogens (primary N) is 1. The van der Waals surface area contributed by atoms with Crippen LogP contribution in [0.5, 0.6) is 11.5 Å². The molecule has 1 aliphatic heterocycles. The minimum atomic E-state index is 0.341. The van der Waals surface area contributed by atoms with Gasteiger partial charge in [-0.2, -0.15) is 4.98 Å². The highest BCUT2D eigenvalue weighted by Crippen LogP contribution is 2.34. The molecule has 0 saturated carbocycles. The molecule has 0 spiro atoms. The third-order valence-electron chi connectivity index (χ3n) is 4.80. The van der Waals surface area contributed by atoms with Gasteiger partial charge in [0.05, 0.1) is 26.3 Å². The van der Waals surface area contributed by atoms with E-state index in [1.165, 1.54) is 0 Å². The summed E-state index contributed by atoms with van der Waals surface area (Å²) >= 11 is 0. The van der Waals surface area contributed by atoms with Gasteiger partial charge in [0.25, 0.3) is 0 Å². The van der Waals surface area contributed by atoms with E-state index in [1.807, 2.05) is 6.07 Å². The molecule has 0 fully saturated rings. The number of hydrogen-bond acceptors (Lipinski definition) is 8. The Labute approximate surface area is 157 Å². The van der Waals surface area contributed by atoms with Crippen molar-refractivity contribution in [3.63, 3.8) is 0 Å². The maximum Gasteiger partial charge on any atom is 0.228 e. The summed E-state index contributed by atoms with van der Waals surface area (Å²) in [5.74, 6) is 4.46. The summed E-state index contributed by atoms with van der Waals surface area (Å²) in [4.78, 5) is 11.3. The van der Waals surface area contributed by atoms with Crippen molar-refractivity contribution in [2.45, 2.75) is 32.9 Å². The second-order valence-electron chi connectivity index (χ2n) is 6.84. The molecule has 1 aromatic carbocycles. The van der Waals surface area contributed by atoms with Gasteiger partial charge < -0.3 is 24.7 Å². The average molecular weight is 369 g/mol. The van der Waals surface area contributed by atoms with E-state index in [4.69, 9.17) is 20.2 Å². The lowest BCUT2D eigenvalue weighted by Crippen LogP contribution is -2.35. The van der Waals surface area contributed by atoms with Crippen LogP contribution in [0.1, 0.15) is 31.4 Å². The van der Waals surface area contributed by atoms with Crippen molar-refractivity contribution < 1.29 is 9.47 Å². The third-order valence-corrected chi connectivity index (χ3v) is 4.80. The lowest BCUT2D eigenvalue weighted by molar-refractivity contribution is 0.356. The second kappa shape index (κ2) is 6.57. The topological polar surface area (TPSA) is 104 Å². The van der Waals surface area contributed by atoms with Gasteiger partial charge in [0, 0.05) is 30.5 Å². The van der Waals surface area contributed by atoms with E-state index in [2.05, 4.69) is 38.5 Å². The van der Waals surface area contributed by atoms with Crippen LogP contribution in [0.4, 0.5) is 11.8 Å². The Kier molecular flexibility index (Phi) is 4.21. The van der Waals surface area contributed by atoms with E-state index in [1.54, 1.807) is 20.3 Å². The Bertz CT molecular complexity index is 999. The van der Waals surface area contributed by atoms with E-state index >= 15 is 0 Å². The molecule has 0 bridgehead atoms. The van der Waals surface area contributed by atoms with Gasteiger partial charge in [-0.05, 0) is 6.07 Å². The zero-order chi connectivity index (χ0) is 19.1. The van der Waals surface area contributed by atoms with Crippen molar-refractivity contribution in [2.24, 2.45) is 0 Å². The average Bonchev–Trinajstić information content (AvgIpc) is 3.10. The van der Waals surface area contributed by atoms with Gasteiger partial charge in [0.1, 0.15) is 11.6 Å². The fraction of sp³-hybridized carbons (Fsp3) is 0.444. The summed E-state index contributed by atoms with van der Waals surface area (Å²) in [6.07, 6.45) is 0. The van der Waals surface area contributed by atoms with Gasteiger partial charge in [0.15, 0.2) is 17.3 Å². The van der Waals surface area contributed by atoms with Gasteiger partial charge in [-0.1, -0.05) is 13.8 Å². The van der Waals surface area contributed by atoms with Crippen LogP contribution in [0, 0.1) is 0 Å². The number of nitrogens with zero attached hydrogens (tertiary/aromatic N) is 6. The largest absolute Gasteiger partial charge is 0.493 e. The number of methoxy groups -OCH3 is 2. The minimum absolute atomic E-state index is 0.341. The first kappa shape index (κ1) is 17.3. The summed E-state index contributed by atoms with van der Waals surface area (Å²) in [7, 11) is 3.18. The van der Waals surface area contributed by atoms with E-state index < -0.39 is 0 Å². The van der Waals surface area contributed by atoms with E-state index in [0.29, 0.717) is 41.2 Å². The van der Waals surface area contributed by atoms with Crippen LogP contribution in [0.2, 0.25) is 0 Å². The van der Waals surface area contributed by atoms with E-state index in [9.17, 15) is 0 Å². The second-order valence-corrected chi connectivity index (χ2v) is 6.84. The first-order valence-electron chi connectivity index (χ1n) is 8.88. The molecular weight excluding hydrogens is 346 g/mol.